The van der Waals surface area contributed by atoms with Crippen LogP contribution in [0, 0.1) is 0 Å². The SMILES string of the molecule is COC(=O)CSc1nnc(-c2ccc(OC)cc2)n1C. The second kappa shape index (κ2) is 6.42. The number of carbonyl (C=O) groups excluding carboxylic acids is 1. The van der Waals surface area contributed by atoms with E-state index in [1.165, 1.54) is 18.9 Å². The molecule has 0 spiro atoms. The molecule has 106 valence electrons. The second-order valence-corrected chi connectivity index (χ2v) is 4.90. The Balaban J connectivity index is 2.16. The smallest absolute Gasteiger partial charge is 0.316 e. The van der Waals surface area contributed by atoms with Gasteiger partial charge in [-0.1, -0.05) is 11.8 Å². The van der Waals surface area contributed by atoms with Gasteiger partial charge in [0.2, 0.25) is 0 Å². The summed E-state index contributed by atoms with van der Waals surface area (Å²) in [7, 11) is 4.85. The summed E-state index contributed by atoms with van der Waals surface area (Å²) >= 11 is 1.29. The average Bonchev–Trinajstić information content (AvgIpc) is 2.86. The van der Waals surface area contributed by atoms with Crippen LogP contribution in [0.3, 0.4) is 0 Å². The molecule has 0 aliphatic rings. The highest BCUT2D eigenvalue weighted by atomic mass is 32.2. The molecule has 0 unspecified atom stereocenters. The third-order valence-corrected chi connectivity index (χ3v) is 3.72. The van der Waals surface area contributed by atoms with Gasteiger partial charge in [0.05, 0.1) is 20.0 Å². The number of hydrogen-bond donors (Lipinski definition) is 0. The fraction of sp³-hybridized carbons (Fsp3) is 0.308. The summed E-state index contributed by atoms with van der Waals surface area (Å²) in [5, 5.41) is 8.89. The third-order valence-electron chi connectivity index (χ3n) is 2.73. The minimum absolute atomic E-state index is 0.213. The molecule has 1 heterocycles. The topological polar surface area (TPSA) is 66.2 Å². The van der Waals surface area contributed by atoms with Crippen molar-refractivity contribution in [2.75, 3.05) is 20.0 Å². The van der Waals surface area contributed by atoms with Crippen LogP contribution in [0.15, 0.2) is 29.4 Å². The number of aromatic nitrogens is 3. The number of methoxy groups -OCH3 is 2. The normalized spacial score (nSPS) is 10.3. The van der Waals surface area contributed by atoms with E-state index in [4.69, 9.17) is 4.74 Å². The lowest BCUT2D eigenvalue weighted by Crippen LogP contribution is -2.04. The predicted molar refractivity (Wildman–Crippen MR) is 75.7 cm³/mol. The number of ether oxygens (including phenoxy) is 2. The largest absolute Gasteiger partial charge is 0.497 e. The number of thioether (sulfide) groups is 1. The molecular formula is C13H15N3O3S. The van der Waals surface area contributed by atoms with Crippen LogP contribution < -0.4 is 4.74 Å². The Morgan fingerprint density at radius 2 is 1.95 bits per heavy atom. The maximum Gasteiger partial charge on any atom is 0.316 e. The number of rotatable bonds is 5. The molecule has 0 atom stereocenters. The van der Waals surface area contributed by atoms with Gasteiger partial charge in [0.25, 0.3) is 0 Å². The van der Waals surface area contributed by atoms with E-state index in [1.54, 1.807) is 7.11 Å². The number of benzene rings is 1. The first kappa shape index (κ1) is 14.4. The summed E-state index contributed by atoms with van der Waals surface area (Å²) in [6.45, 7) is 0. The first-order valence-electron chi connectivity index (χ1n) is 5.89. The van der Waals surface area contributed by atoms with Gasteiger partial charge in [-0.3, -0.25) is 4.79 Å². The van der Waals surface area contributed by atoms with Gasteiger partial charge in [0, 0.05) is 12.6 Å². The lowest BCUT2D eigenvalue weighted by atomic mass is 10.2. The van der Waals surface area contributed by atoms with Crippen molar-refractivity contribution < 1.29 is 14.3 Å². The maximum atomic E-state index is 11.1. The van der Waals surface area contributed by atoms with Gasteiger partial charge in [-0.15, -0.1) is 10.2 Å². The first-order chi connectivity index (χ1) is 9.65. The van der Waals surface area contributed by atoms with E-state index in [9.17, 15) is 4.79 Å². The molecule has 0 saturated heterocycles. The highest BCUT2D eigenvalue weighted by molar-refractivity contribution is 7.99. The highest BCUT2D eigenvalue weighted by Gasteiger charge is 2.12. The minimum atomic E-state index is -0.288. The predicted octanol–water partition coefficient (Wildman–Crippen LogP) is 1.76. The summed E-state index contributed by atoms with van der Waals surface area (Å²) < 4.78 is 11.6. The van der Waals surface area contributed by atoms with E-state index >= 15 is 0 Å². The van der Waals surface area contributed by atoms with Crippen LogP contribution in [0.25, 0.3) is 11.4 Å². The summed E-state index contributed by atoms with van der Waals surface area (Å²) in [6.07, 6.45) is 0. The molecule has 7 heteroatoms. The van der Waals surface area contributed by atoms with Crippen LogP contribution in [-0.4, -0.2) is 40.7 Å². The van der Waals surface area contributed by atoms with Gasteiger partial charge in [-0.05, 0) is 24.3 Å². The van der Waals surface area contributed by atoms with Gasteiger partial charge in [0.15, 0.2) is 11.0 Å². The van der Waals surface area contributed by atoms with Crippen molar-refractivity contribution in [3.63, 3.8) is 0 Å². The van der Waals surface area contributed by atoms with Crippen LogP contribution in [0.2, 0.25) is 0 Å². The van der Waals surface area contributed by atoms with Crippen LogP contribution in [0.5, 0.6) is 5.75 Å². The molecule has 0 amide bonds. The number of esters is 1. The quantitative estimate of drug-likeness (QED) is 0.618. The van der Waals surface area contributed by atoms with E-state index in [1.807, 2.05) is 35.9 Å². The van der Waals surface area contributed by atoms with E-state index in [0.29, 0.717) is 5.16 Å². The molecule has 1 aromatic carbocycles. The Bertz CT molecular complexity index is 595. The minimum Gasteiger partial charge on any atom is -0.497 e. The molecule has 0 saturated carbocycles. The van der Waals surface area contributed by atoms with Gasteiger partial charge in [0.1, 0.15) is 5.75 Å². The first-order valence-corrected chi connectivity index (χ1v) is 6.87. The van der Waals surface area contributed by atoms with Crippen LogP contribution in [0.1, 0.15) is 0 Å². The highest BCUT2D eigenvalue weighted by Crippen LogP contribution is 2.24. The fourth-order valence-corrected chi connectivity index (χ4v) is 2.36. The van der Waals surface area contributed by atoms with Crippen molar-refractivity contribution >= 4 is 17.7 Å². The standard InChI is InChI=1S/C13H15N3O3S/c1-16-12(9-4-6-10(18-2)7-5-9)14-15-13(16)20-8-11(17)19-3/h4-7H,8H2,1-3H3. The lowest BCUT2D eigenvalue weighted by Gasteiger charge is -2.04. The van der Waals surface area contributed by atoms with E-state index < -0.39 is 0 Å². The van der Waals surface area contributed by atoms with Crippen molar-refractivity contribution in [2.24, 2.45) is 7.05 Å². The third kappa shape index (κ3) is 3.11. The van der Waals surface area contributed by atoms with Gasteiger partial charge in [-0.25, -0.2) is 0 Å². The molecule has 0 bridgehead atoms. The maximum absolute atomic E-state index is 11.1. The molecule has 20 heavy (non-hydrogen) atoms. The van der Waals surface area contributed by atoms with Gasteiger partial charge in [-0.2, -0.15) is 0 Å². The van der Waals surface area contributed by atoms with Crippen LogP contribution in [0.4, 0.5) is 0 Å². The summed E-state index contributed by atoms with van der Waals surface area (Å²) in [4.78, 5) is 11.1. The fourth-order valence-electron chi connectivity index (χ4n) is 1.61. The van der Waals surface area contributed by atoms with Crippen molar-refractivity contribution in [1.29, 1.82) is 0 Å². The lowest BCUT2D eigenvalue weighted by molar-refractivity contribution is -0.137. The zero-order chi connectivity index (χ0) is 14.5. The van der Waals surface area contributed by atoms with Crippen LogP contribution >= 0.6 is 11.8 Å². The zero-order valence-corrected chi connectivity index (χ0v) is 12.3. The monoisotopic (exact) mass is 293 g/mol. The molecule has 6 nitrogen and oxygen atoms in total. The number of carbonyl (C=O) groups is 1. The Morgan fingerprint density at radius 3 is 2.55 bits per heavy atom. The molecule has 0 aliphatic carbocycles. The van der Waals surface area contributed by atoms with E-state index in [0.717, 1.165) is 17.1 Å². The Labute approximate surface area is 121 Å². The molecule has 0 N–H and O–H groups in total. The Morgan fingerprint density at radius 1 is 1.25 bits per heavy atom. The van der Waals surface area contributed by atoms with E-state index in [-0.39, 0.29) is 11.7 Å². The molecule has 1 aromatic heterocycles. The van der Waals surface area contributed by atoms with Gasteiger partial charge >= 0.3 is 5.97 Å². The van der Waals surface area contributed by atoms with Crippen molar-refractivity contribution in [3.8, 4) is 17.1 Å². The Hall–Kier alpha value is -2.02. The summed E-state index contributed by atoms with van der Waals surface area (Å²) in [5.41, 5.74) is 0.936. The summed E-state index contributed by atoms with van der Waals surface area (Å²) in [5.74, 6) is 1.45. The molecule has 2 aromatic rings. The van der Waals surface area contributed by atoms with Crippen LogP contribution in [-0.2, 0) is 16.6 Å². The van der Waals surface area contributed by atoms with Gasteiger partial charge < -0.3 is 14.0 Å². The van der Waals surface area contributed by atoms with Crippen molar-refractivity contribution in [1.82, 2.24) is 14.8 Å². The van der Waals surface area contributed by atoms with Crippen molar-refractivity contribution in [3.05, 3.63) is 24.3 Å². The van der Waals surface area contributed by atoms with E-state index in [2.05, 4.69) is 14.9 Å². The second-order valence-electron chi connectivity index (χ2n) is 3.96. The molecular weight excluding hydrogens is 278 g/mol. The number of hydrogen-bond acceptors (Lipinski definition) is 6. The van der Waals surface area contributed by atoms with Crippen molar-refractivity contribution in [2.45, 2.75) is 5.16 Å². The average molecular weight is 293 g/mol. The molecule has 0 fully saturated rings. The zero-order valence-electron chi connectivity index (χ0n) is 11.5. The molecule has 0 radical (unpaired) electrons. The Kier molecular flexibility index (Phi) is 4.62. The number of nitrogens with zero attached hydrogens (tertiary/aromatic N) is 3. The molecule has 2 rings (SSSR count). The molecule has 0 aliphatic heterocycles. The summed E-state index contributed by atoms with van der Waals surface area (Å²) in [6, 6.07) is 7.56.